The van der Waals surface area contributed by atoms with Gasteiger partial charge in [0, 0.05) is 71.8 Å². The van der Waals surface area contributed by atoms with E-state index in [1.807, 2.05) is 13.1 Å². The highest BCUT2D eigenvalue weighted by Crippen LogP contribution is 2.11. The van der Waals surface area contributed by atoms with Gasteiger partial charge in [-0.2, -0.15) is 0 Å². The second kappa shape index (κ2) is 12.2. The number of rotatable bonds is 5. The van der Waals surface area contributed by atoms with Crippen molar-refractivity contribution in [1.82, 2.24) is 25.1 Å². The predicted molar refractivity (Wildman–Crippen MR) is 134 cm³/mol. The SMILES string of the molecule is CN=C(NCc1ccc(CN2CCOCC2)cc1)N1CCN(c2ncccn2)CC1.I. The Kier molecular flexibility index (Phi) is 9.29. The van der Waals surface area contributed by atoms with Gasteiger partial charge in [0.05, 0.1) is 13.2 Å². The molecule has 2 aromatic rings. The standard InChI is InChI=1S/C22H31N7O.HI/c1-23-21(28-9-11-29(12-10-28)22-24-7-2-8-25-22)26-17-19-3-5-20(6-4-19)18-27-13-15-30-16-14-27;/h2-8H,9-18H2,1H3,(H,23,26);1H. The molecule has 2 fully saturated rings. The highest BCUT2D eigenvalue weighted by atomic mass is 127. The van der Waals surface area contributed by atoms with Crippen LogP contribution in [0.1, 0.15) is 11.1 Å². The van der Waals surface area contributed by atoms with Crippen LogP contribution in [0.4, 0.5) is 5.95 Å². The minimum absolute atomic E-state index is 0. The Bertz CT molecular complexity index is 804. The third kappa shape index (κ3) is 6.75. The number of hydrogen-bond donors (Lipinski definition) is 1. The van der Waals surface area contributed by atoms with Crippen LogP contribution in [0, 0.1) is 0 Å². The molecule has 1 aromatic carbocycles. The molecule has 0 bridgehead atoms. The van der Waals surface area contributed by atoms with E-state index in [-0.39, 0.29) is 24.0 Å². The lowest BCUT2D eigenvalue weighted by Gasteiger charge is -2.36. The van der Waals surface area contributed by atoms with Gasteiger partial charge in [0.25, 0.3) is 0 Å². The van der Waals surface area contributed by atoms with E-state index in [4.69, 9.17) is 4.74 Å². The summed E-state index contributed by atoms with van der Waals surface area (Å²) >= 11 is 0. The Hall–Kier alpha value is -1.98. The lowest BCUT2D eigenvalue weighted by atomic mass is 10.1. The molecule has 31 heavy (non-hydrogen) atoms. The minimum Gasteiger partial charge on any atom is -0.379 e. The quantitative estimate of drug-likeness (QED) is 0.355. The zero-order valence-electron chi connectivity index (χ0n) is 18.1. The Balaban J connectivity index is 0.00000272. The van der Waals surface area contributed by atoms with Crippen molar-refractivity contribution in [1.29, 1.82) is 0 Å². The van der Waals surface area contributed by atoms with Crippen LogP contribution in [0.25, 0.3) is 0 Å². The lowest BCUT2D eigenvalue weighted by Crippen LogP contribution is -2.52. The minimum atomic E-state index is 0. The van der Waals surface area contributed by atoms with Gasteiger partial charge in [-0.05, 0) is 17.2 Å². The first kappa shape index (κ1) is 23.7. The molecule has 9 heteroatoms. The zero-order valence-corrected chi connectivity index (χ0v) is 20.4. The number of aromatic nitrogens is 2. The first-order valence-corrected chi connectivity index (χ1v) is 10.7. The van der Waals surface area contributed by atoms with Gasteiger partial charge in [-0.3, -0.25) is 9.89 Å². The molecule has 1 N–H and O–H groups in total. The number of piperazine rings is 1. The third-order valence-corrected chi connectivity index (χ3v) is 5.61. The van der Waals surface area contributed by atoms with E-state index >= 15 is 0 Å². The summed E-state index contributed by atoms with van der Waals surface area (Å²) in [6, 6.07) is 10.7. The van der Waals surface area contributed by atoms with Gasteiger partial charge in [-0.25, -0.2) is 9.97 Å². The van der Waals surface area contributed by atoms with Gasteiger partial charge in [0.15, 0.2) is 5.96 Å². The molecule has 4 rings (SSSR count). The van der Waals surface area contributed by atoms with Gasteiger partial charge in [0.2, 0.25) is 5.95 Å². The molecule has 0 radical (unpaired) electrons. The first-order valence-electron chi connectivity index (χ1n) is 10.7. The fraction of sp³-hybridized carbons (Fsp3) is 0.500. The Morgan fingerprint density at radius 1 is 0.968 bits per heavy atom. The van der Waals surface area contributed by atoms with Crippen LogP contribution >= 0.6 is 24.0 Å². The van der Waals surface area contributed by atoms with Gasteiger partial charge in [-0.1, -0.05) is 24.3 Å². The van der Waals surface area contributed by atoms with Gasteiger partial charge < -0.3 is 19.9 Å². The van der Waals surface area contributed by atoms with E-state index in [9.17, 15) is 0 Å². The molecule has 0 aliphatic carbocycles. The highest BCUT2D eigenvalue weighted by Gasteiger charge is 2.21. The number of morpholine rings is 1. The number of aliphatic imine (C=N–C) groups is 1. The van der Waals surface area contributed by atoms with E-state index in [1.165, 1.54) is 11.1 Å². The Morgan fingerprint density at radius 2 is 1.61 bits per heavy atom. The van der Waals surface area contributed by atoms with Crippen LogP contribution in [-0.2, 0) is 17.8 Å². The van der Waals surface area contributed by atoms with Crippen LogP contribution in [0.5, 0.6) is 0 Å². The first-order chi connectivity index (χ1) is 14.8. The molecule has 0 spiro atoms. The summed E-state index contributed by atoms with van der Waals surface area (Å²) in [6.07, 6.45) is 3.59. The van der Waals surface area contributed by atoms with Crippen LogP contribution in [0.3, 0.4) is 0 Å². The fourth-order valence-electron chi connectivity index (χ4n) is 3.87. The van der Waals surface area contributed by atoms with E-state index in [1.54, 1.807) is 12.4 Å². The van der Waals surface area contributed by atoms with Crippen molar-refractivity contribution in [3.8, 4) is 0 Å². The number of ether oxygens (including phenoxy) is 1. The molecular weight excluding hydrogens is 505 g/mol. The molecule has 1 aromatic heterocycles. The topological polar surface area (TPSA) is 69.1 Å². The summed E-state index contributed by atoms with van der Waals surface area (Å²) in [6.45, 7) is 9.06. The normalized spacial score (nSPS) is 17.9. The number of guanidine groups is 1. The van der Waals surface area contributed by atoms with E-state index in [0.717, 1.165) is 77.5 Å². The molecule has 0 atom stereocenters. The fourth-order valence-corrected chi connectivity index (χ4v) is 3.87. The number of nitrogens with zero attached hydrogens (tertiary/aromatic N) is 6. The lowest BCUT2D eigenvalue weighted by molar-refractivity contribution is 0.0342. The largest absolute Gasteiger partial charge is 0.379 e. The summed E-state index contributed by atoms with van der Waals surface area (Å²) in [4.78, 5) is 20.1. The van der Waals surface area contributed by atoms with Crippen molar-refractivity contribution in [2.45, 2.75) is 13.1 Å². The number of hydrogen-bond acceptors (Lipinski definition) is 6. The monoisotopic (exact) mass is 537 g/mol. The third-order valence-electron chi connectivity index (χ3n) is 5.61. The number of halogens is 1. The predicted octanol–water partition coefficient (Wildman–Crippen LogP) is 1.82. The maximum atomic E-state index is 5.43. The Morgan fingerprint density at radius 3 is 2.26 bits per heavy atom. The molecule has 2 aliphatic rings. The van der Waals surface area contributed by atoms with Crippen molar-refractivity contribution >= 4 is 35.9 Å². The van der Waals surface area contributed by atoms with Crippen LogP contribution in [0.2, 0.25) is 0 Å². The molecule has 0 saturated carbocycles. The van der Waals surface area contributed by atoms with Crippen molar-refractivity contribution in [2.24, 2.45) is 4.99 Å². The number of nitrogens with one attached hydrogen (secondary N) is 1. The molecule has 0 unspecified atom stereocenters. The molecule has 0 amide bonds. The summed E-state index contributed by atoms with van der Waals surface area (Å²) in [5.41, 5.74) is 2.61. The van der Waals surface area contributed by atoms with Gasteiger partial charge >= 0.3 is 0 Å². The summed E-state index contributed by atoms with van der Waals surface area (Å²) in [5, 5.41) is 3.51. The van der Waals surface area contributed by atoms with Crippen LogP contribution in [-0.4, -0.2) is 85.3 Å². The molecule has 2 saturated heterocycles. The highest BCUT2D eigenvalue weighted by molar-refractivity contribution is 14.0. The molecule has 168 valence electrons. The summed E-state index contributed by atoms with van der Waals surface area (Å²) < 4.78 is 5.43. The van der Waals surface area contributed by atoms with Crippen molar-refractivity contribution in [3.63, 3.8) is 0 Å². The molecule has 3 heterocycles. The second-order valence-corrected chi connectivity index (χ2v) is 7.63. The molecular formula is C22H32IN7O. The number of benzene rings is 1. The van der Waals surface area contributed by atoms with Crippen LogP contribution < -0.4 is 10.2 Å². The molecule has 8 nitrogen and oxygen atoms in total. The van der Waals surface area contributed by atoms with E-state index in [0.29, 0.717) is 0 Å². The zero-order chi connectivity index (χ0) is 20.6. The summed E-state index contributed by atoms with van der Waals surface area (Å²) in [5.74, 6) is 1.75. The van der Waals surface area contributed by atoms with Crippen molar-refractivity contribution < 1.29 is 4.74 Å². The maximum absolute atomic E-state index is 5.43. The van der Waals surface area contributed by atoms with Gasteiger partial charge in [-0.15, -0.1) is 24.0 Å². The van der Waals surface area contributed by atoms with Crippen molar-refractivity contribution in [2.75, 3.05) is 64.4 Å². The van der Waals surface area contributed by atoms with Crippen molar-refractivity contribution in [3.05, 3.63) is 53.9 Å². The maximum Gasteiger partial charge on any atom is 0.225 e. The number of anilines is 1. The second-order valence-electron chi connectivity index (χ2n) is 7.63. The Labute approximate surface area is 201 Å². The van der Waals surface area contributed by atoms with E-state index < -0.39 is 0 Å². The van der Waals surface area contributed by atoms with Gasteiger partial charge in [0.1, 0.15) is 0 Å². The smallest absolute Gasteiger partial charge is 0.225 e. The molecule has 2 aliphatic heterocycles. The average molecular weight is 537 g/mol. The summed E-state index contributed by atoms with van der Waals surface area (Å²) in [7, 11) is 1.85. The van der Waals surface area contributed by atoms with E-state index in [2.05, 4.69) is 59.2 Å². The average Bonchev–Trinajstić information content (AvgIpc) is 2.82. The van der Waals surface area contributed by atoms with Crippen LogP contribution in [0.15, 0.2) is 47.7 Å².